The first-order valence-electron chi connectivity index (χ1n) is 17.7. The number of pyridine rings is 1. The minimum Gasteiger partial charge on any atom is -0.401 e. The van der Waals surface area contributed by atoms with Gasteiger partial charge in [0.15, 0.2) is 12.3 Å². The SMILES string of the molecule is CCCCO[n+]1ccccc1OC1=C(C=CC2=[N+](C)c3ccc(C)cc3C2(C)C)CCC1=CC=C1N(CC)c2ccc(C)cc2C1(C)C. The number of aromatic nitrogens is 1. The molecule has 6 rings (SSSR count). The zero-order chi connectivity index (χ0) is 34.2. The molecule has 0 radical (unpaired) electrons. The smallest absolute Gasteiger partial charge is 0.401 e. The van der Waals surface area contributed by atoms with Gasteiger partial charge in [0.05, 0.1) is 11.5 Å². The van der Waals surface area contributed by atoms with Gasteiger partial charge in [-0.15, -0.1) is 0 Å². The summed E-state index contributed by atoms with van der Waals surface area (Å²) >= 11 is 0. The van der Waals surface area contributed by atoms with Crippen LogP contribution in [0.5, 0.6) is 5.88 Å². The molecule has 0 amide bonds. The first-order chi connectivity index (χ1) is 23.0. The monoisotopic (exact) mass is 643 g/mol. The number of allylic oxidation sites excluding steroid dienone is 7. The fraction of sp³-hybridized carbons (Fsp3) is 0.395. The maximum Gasteiger partial charge on any atom is 0.422 e. The van der Waals surface area contributed by atoms with E-state index in [1.807, 2.05) is 24.4 Å². The van der Waals surface area contributed by atoms with Gasteiger partial charge < -0.3 is 9.64 Å². The van der Waals surface area contributed by atoms with E-state index < -0.39 is 0 Å². The van der Waals surface area contributed by atoms with E-state index in [-0.39, 0.29) is 10.8 Å². The lowest BCUT2D eigenvalue weighted by molar-refractivity contribution is -0.892. The van der Waals surface area contributed by atoms with Gasteiger partial charge >= 0.3 is 5.88 Å². The van der Waals surface area contributed by atoms with Crippen molar-refractivity contribution in [1.82, 2.24) is 0 Å². The molecule has 0 saturated carbocycles. The lowest BCUT2D eigenvalue weighted by atomic mass is 9.81. The summed E-state index contributed by atoms with van der Waals surface area (Å²) in [4.78, 5) is 8.60. The second-order valence-electron chi connectivity index (χ2n) is 14.6. The Bertz CT molecular complexity index is 1890. The molecule has 3 heterocycles. The maximum absolute atomic E-state index is 6.86. The van der Waals surface area contributed by atoms with Crippen LogP contribution in [-0.2, 0) is 10.8 Å². The molecule has 2 aromatic carbocycles. The highest BCUT2D eigenvalue weighted by atomic mass is 16.7. The zero-order valence-corrected chi connectivity index (χ0v) is 30.5. The summed E-state index contributed by atoms with van der Waals surface area (Å²) < 4.78 is 11.0. The van der Waals surface area contributed by atoms with Crippen molar-refractivity contribution in [2.75, 3.05) is 25.1 Å². The van der Waals surface area contributed by atoms with E-state index in [1.54, 1.807) is 4.73 Å². The molecule has 2 aliphatic heterocycles. The predicted octanol–water partition coefficient (Wildman–Crippen LogP) is 9.14. The molecule has 1 aromatic heterocycles. The van der Waals surface area contributed by atoms with Crippen LogP contribution in [0.4, 0.5) is 11.4 Å². The van der Waals surface area contributed by atoms with Crippen molar-refractivity contribution >= 4 is 17.1 Å². The number of hydrogen-bond acceptors (Lipinski definition) is 3. The molecule has 48 heavy (non-hydrogen) atoms. The minimum absolute atomic E-state index is 0.0985. The van der Waals surface area contributed by atoms with Gasteiger partial charge in [0.1, 0.15) is 12.8 Å². The number of unbranched alkanes of at least 4 members (excludes halogenated alkanes) is 1. The molecule has 0 bridgehead atoms. The van der Waals surface area contributed by atoms with Gasteiger partial charge in [0, 0.05) is 51.8 Å². The van der Waals surface area contributed by atoms with Gasteiger partial charge in [-0.1, -0.05) is 62.6 Å². The van der Waals surface area contributed by atoms with E-state index in [9.17, 15) is 0 Å². The number of hydrogen-bond donors (Lipinski definition) is 0. The number of ether oxygens (including phenoxy) is 1. The van der Waals surface area contributed by atoms with Crippen LogP contribution in [0.15, 0.2) is 108 Å². The van der Waals surface area contributed by atoms with Gasteiger partial charge in [0.25, 0.3) is 0 Å². The highest BCUT2D eigenvalue weighted by Crippen LogP contribution is 2.48. The van der Waals surface area contributed by atoms with Crippen molar-refractivity contribution in [3.63, 3.8) is 0 Å². The van der Waals surface area contributed by atoms with Gasteiger partial charge in [-0.05, 0) is 101 Å². The summed E-state index contributed by atoms with van der Waals surface area (Å²) in [7, 11) is 2.18. The van der Waals surface area contributed by atoms with Crippen LogP contribution in [0.25, 0.3) is 0 Å². The molecular weight excluding hydrogens is 590 g/mol. The van der Waals surface area contributed by atoms with E-state index in [2.05, 4.69) is 133 Å². The quantitative estimate of drug-likeness (QED) is 0.163. The lowest BCUT2D eigenvalue weighted by Gasteiger charge is -2.26. The van der Waals surface area contributed by atoms with Gasteiger partial charge in [-0.3, -0.25) is 4.84 Å². The van der Waals surface area contributed by atoms with Crippen LogP contribution in [0.2, 0.25) is 0 Å². The van der Waals surface area contributed by atoms with Crippen molar-refractivity contribution in [2.45, 2.75) is 91.9 Å². The van der Waals surface area contributed by atoms with Crippen LogP contribution in [0.3, 0.4) is 0 Å². The summed E-state index contributed by atoms with van der Waals surface area (Å²) in [5, 5.41) is 0. The Morgan fingerprint density at radius 2 is 1.60 bits per heavy atom. The van der Waals surface area contributed by atoms with Crippen molar-refractivity contribution in [3.05, 3.63) is 130 Å². The summed E-state index contributed by atoms with van der Waals surface area (Å²) in [5.74, 6) is 1.60. The van der Waals surface area contributed by atoms with Crippen molar-refractivity contribution in [1.29, 1.82) is 0 Å². The number of anilines is 1. The Balaban J connectivity index is 1.41. The van der Waals surface area contributed by atoms with E-state index >= 15 is 0 Å². The zero-order valence-electron chi connectivity index (χ0n) is 30.5. The molecular formula is C43H53N3O2+2. The first kappa shape index (κ1) is 33.5. The molecule has 0 unspecified atom stereocenters. The van der Waals surface area contributed by atoms with Crippen LogP contribution in [0, 0.1) is 13.8 Å². The maximum atomic E-state index is 6.86. The number of aryl methyl sites for hydroxylation is 2. The Hall–Kier alpha value is -4.38. The molecule has 0 fully saturated rings. The number of likely N-dealkylation sites (N-methyl/N-ethyl adjacent to an activating group) is 1. The van der Waals surface area contributed by atoms with Crippen LogP contribution >= 0.6 is 0 Å². The molecule has 250 valence electrons. The molecule has 1 aliphatic carbocycles. The third-order valence-electron chi connectivity index (χ3n) is 10.4. The average Bonchev–Trinajstić information content (AvgIpc) is 3.60. The van der Waals surface area contributed by atoms with Crippen LogP contribution in [0.1, 0.15) is 89.5 Å². The van der Waals surface area contributed by atoms with E-state index in [4.69, 9.17) is 9.57 Å². The second kappa shape index (κ2) is 13.3. The fourth-order valence-corrected chi connectivity index (χ4v) is 7.60. The predicted molar refractivity (Wildman–Crippen MR) is 197 cm³/mol. The first-order valence-corrected chi connectivity index (χ1v) is 17.7. The van der Waals surface area contributed by atoms with Crippen LogP contribution in [-0.4, -0.2) is 30.5 Å². The molecule has 0 spiro atoms. The van der Waals surface area contributed by atoms with Crippen molar-refractivity contribution < 1.29 is 18.9 Å². The summed E-state index contributed by atoms with van der Waals surface area (Å²) in [5.41, 5.74) is 12.7. The molecule has 5 nitrogen and oxygen atoms in total. The molecule has 3 aromatic rings. The van der Waals surface area contributed by atoms with Gasteiger partial charge in [0.2, 0.25) is 11.9 Å². The molecule has 3 aliphatic rings. The highest BCUT2D eigenvalue weighted by Gasteiger charge is 2.43. The number of fused-ring (bicyclic) bond motifs is 2. The van der Waals surface area contributed by atoms with Crippen LogP contribution < -0.4 is 19.2 Å². The Morgan fingerprint density at radius 1 is 0.854 bits per heavy atom. The molecule has 0 saturated heterocycles. The molecule has 0 N–H and O–H groups in total. The number of nitrogens with zero attached hydrogens (tertiary/aromatic N) is 3. The van der Waals surface area contributed by atoms with E-state index in [1.165, 1.54) is 56.2 Å². The topological polar surface area (TPSA) is 28.6 Å². The molecule has 0 atom stereocenters. The largest absolute Gasteiger partial charge is 0.422 e. The standard InChI is InChI=1S/C43H53N3O2/c1-10-12-27-47-46-26-14-13-15-40(46)48-41-32(20-24-38-42(5,6)34-28-30(3)16-22-36(34)44(38)9)18-19-33(41)21-25-39-43(7,8)35-29-31(4)17-23-37(35)45(39)11-2/h13-17,20-26,28-29H,10-12,18-19,27H2,1-9H3/q+2. The third-order valence-corrected chi connectivity index (χ3v) is 10.4. The second-order valence-corrected chi connectivity index (χ2v) is 14.6. The fourth-order valence-electron chi connectivity index (χ4n) is 7.60. The van der Waals surface area contributed by atoms with E-state index in [0.717, 1.165) is 38.0 Å². The number of rotatable bonds is 10. The Kier molecular flexibility index (Phi) is 9.26. The van der Waals surface area contributed by atoms with Gasteiger partial charge in [-0.2, -0.15) is 4.58 Å². The normalized spacial score (nSPS) is 19.6. The van der Waals surface area contributed by atoms with E-state index in [0.29, 0.717) is 12.5 Å². The highest BCUT2D eigenvalue weighted by molar-refractivity contribution is 6.03. The lowest BCUT2D eigenvalue weighted by Crippen LogP contribution is -2.44. The van der Waals surface area contributed by atoms with Crippen molar-refractivity contribution in [2.24, 2.45) is 0 Å². The average molecular weight is 644 g/mol. The molecule has 5 heteroatoms. The van der Waals surface area contributed by atoms with Crippen molar-refractivity contribution in [3.8, 4) is 5.88 Å². The minimum atomic E-state index is -0.101. The Labute approximate surface area is 288 Å². The number of benzene rings is 2. The summed E-state index contributed by atoms with van der Waals surface area (Å²) in [6.07, 6.45) is 15.1. The summed E-state index contributed by atoms with van der Waals surface area (Å²) in [6, 6.07) is 19.6. The Morgan fingerprint density at radius 3 is 2.35 bits per heavy atom. The summed E-state index contributed by atoms with van der Waals surface area (Å²) in [6.45, 7) is 19.7. The van der Waals surface area contributed by atoms with Gasteiger partial charge in [-0.25, -0.2) is 0 Å². The third kappa shape index (κ3) is 6.04.